The van der Waals surface area contributed by atoms with E-state index in [2.05, 4.69) is 33.0 Å². The Morgan fingerprint density at radius 3 is 3.06 bits per heavy atom. The van der Waals surface area contributed by atoms with Gasteiger partial charge in [-0.2, -0.15) is 4.98 Å². The Kier molecular flexibility index (Phi) is 3.73. The summed E-state index contributed by atoms with van der Waals surface area (Å²) in [7, 11) is 0. The molecule has 86 valence electrons. The van der Waals surface area contributed by atoms with Crippen molar-refractivity contribution in [3.63, 3.8) is 0 Å². The molecule has 2 rings (SSSR count). The summed E-state index contributed by atoms with van der Waals surface area (Å²) >= 11 is 4.98. The number of nitrogens with two attached hydrogens (primary N) is 1. The standard InChI is InChI=1S/C10H12BrN3OS/c1-2-3-7(12)9-13-10(15-14-9)6-4-8(11)16-5-6/h4-5,7H,2-3,12H2,1H3. The minimum absolute atomic E-state index is 0.135. The van der Waals surface area contributed by atoms with Crippen LogP contribution in [0.25, 0.3) is 11.5 Å². The summed E-state index contributed by atoms with van der Waals surface area (Å²) in [6.07, 6.45) is 1.88. The summed E-state index contributed by atoms with van der Waals surface area (Å²) in [5, 5.41) is 5.86. The average Bonchev–Trinajstić information content (AvgIpc) is 2.85. The number of nitrogens with zero attached hydrogens (tertiary/aromatic N) is 2. The first kappa shape index (κ1) is 11.8. The molecular weight excluding hydrogens is 290 g/mol. The zero-order chi connectivity index (χ0) is 11.5. The van der Waals surface area contributed by atoms with Gasteiger partial charge in [0.1, 0.15) is 0 Å². The van der Waals surface area contributed by atoms with Gasteiger partial charge in [0.25, 0.3) is 5.89 Å². The Balaban J connectivity index is 2.19. The SMILES string of the molecule is CCCC(N)c1noc(-c2csc(Br)c2)n1. The zero-order valence-corrected chi connectivity index (χ0v) is 11.2. The normalized spacial score (nSPS) is 12.9. The first-order valence-electron chi connectivity index (χ1n) is 5.04. The van der Waals surface area contributed by atoms with Crippen molar-refractivity contribution < 1.29 is 4.52 Å². The van der Waals surface area contributed by atoms with Crippen LogP contribution in [-0.2, 0) is 0 Å². The summed E-state index contributed by atoms with van der Waals surface area (Å²) < 4.78 is 6.22. The smallest absolute Gasteiger partial charge is 0.258 e. The van der Waals surface area contributed by atoms with Crippen molar-refractivity contribution in [2.24, 2.45) is 5.73 Å². The third kappa shape index (κ3) is 2.50. The van der Waals surface area contributed by atoms with Gasteiger partial charge in [0.15, 0.2) is 5.82 Å². The number of halogens is 1. The largest absolute Gasteiger partial charge is 0.334 e. The molecule has 4 nitrogen and oxygen atoms in total. The van der Waals surface area contributed by atoms with E-state index in [4.69, 9.17) is 10.3 Å². The monoisotopic (exact) mass is 301 g/mol. The van der Waals surface area contributed by atoms with E-state index in [0.717, 1.165) is 22.2 Å². The van der Waals surface area contributed by atoms with E-state index in [9.17, 15) is 0 Å². The fourth-order valence-electron chi connectivity index (χ4n) is 1.37. The van der Waals surface area contributed by atoms with Crippen LogP contribution >= 0.6 is 27.3 Å². The molecule has 0 aliphatic rings. The highest BCUT2D eigenvalue weighted by atomic mass is 79.9. The Morgan fingerprint density at radius 2 is 2.44 bits per heavy atom. The maximum Gasteiger partial charge on any atom is 0.258 e. The average molecular weight is 302 g/mol. The Hall–Kier alpha value is -0.720. The molecule has 2 N–H and O–H groups in total. The van der Waals surface area contributed by atoms with Crippen LogP contribution < -0.4 is 5.73 Å². The molecule has 0 aliphatic heterocycles. The molecule has 1 unspecified atom stereocenters. The summed E-state index contributed by atoms with van der Waals surface area (Å²) in [5.74, 6) is 1.11. The van der Waals surface area contributed by atoms with Crippen LogP contribution in [0.1, 0.15) is 31.6 Å². The van der Waals surface area contributed by atoms with E-state index >= 15 is 0 Å². The van der Waals surface area contributed by atoms with Crippen LogP contribution in [0.3, 0.4) is 0 Å². The number of thiophene rings is 1. The van der Waals surface area contributed by atoms with Gasteiger partial charge in [0, 0.05) is 5.38 Å². The van der Waals surface area contributed by atoms with E-state index in [1.807, 2.05) is 11.4 Å². The van der Waals surface area contributed by atoms with E-state index in [-0.39, 0.29) is 6.04 Å². The molecule has 0 aliphatic carbocycles. The van der Waals surface area contributed by atoms with Gasteiger partial charge in [-0.15, -0.1) is 11.3 Å². The highest BCUT2D eigenvalue weighted by Gasteiger charge is 2.15. The lowest BCUT2D eigenvalue weighted by Crippen LogP contribution is -2.11. The maximum atomic E-state index is 5.91. The second kappa shape index (κ2) is 5.07. The van der Waals surface area contributed by atoms with Crippen LogP contribution in [0.5, 0.6) is 0 Å². The van der Waals surface area contributed by atoms with Gasteiger partial charge in [-0.1, -0.05) is 18.5 Å². The van der Waals surface area contributed by atoms with E-state index in [1.165, 1.54) is 0 Å². The van der Waals surface area contributed by atoms with Gasteiger partial charge in [-0.3, -0.25) is 0 Å². The molecule has 2 aromatic rings. The van der Waals surface area contributed by atoms with E-state index in [0.29, 0.717) is 11.7 Å². The van der Waals surface area contributed by atoms with Crippen LogP contribution in [0.2, 0.25) is 0 Å². The molecule has 6 heteroatoms. The quantitative estimate of drug-likeness (QED) is 0.940. The second-order valence-electron chi connectivity index (χ2n) is 3.49. The molecule has 0 fully saturated rings. The van der Waals surface area contributed by atoms with E-state index < -0.39 is 0 Å². The molecular formula is C10H12BrN3OS. The van der Waals surface area contributed by atoms with Crippen molar-refractivity contribution in [1.82, 2.24) is 10.1 Å². The molecule has 0 aromatic carbocycles. The summed E-state index contributed by atoms with van der Waals surface area (Å²) in [6, 6.07) is 1.82. The minimum Gasteiger partial charge on any atom is -0.334 e. The molecule has 16 heavy (non-hydrogen) atoms. The highest BCUT2D eigenvalue weighted by Crippen LogP contribution is 2.28. The Morgan fingerprint density at radius 1 is 1.62 bits per heavy atom. The third-order valence-electron chi connectivity index (χ3n) is 2.19. The lowest BCUT2D eigenvalue weighted by Gasteiger charge is -2.02. The topological polar surface area (TPSA) is 64.9 Å². The fourth-order valence-corrected chi connectivity index (χ4v) is 2.50. The van der Waals surface area contributed by atoms with Gasteiger partial charge in [0.2, 0.25) is 0 Å². The molecule has 0 radical (unpaired) electrons. The molecule has 1 atom stereocenters. The predicted molar refractivity (Wildman–Crippen MR) is 67.1 cm³/mol. The van der Waals surface area contributed by atoms with Crippen LogP contribution in [0.4, 0.5) is 0 Å². The molecule has 0 amide bonds. The number of hydrogen-bond acceptors (Lipinski definition) is 5. The number of aromatic nitrogens is 2. The zero-order valence-electron chi connectivity index (χ0n) is 8.81. The lowest BCUT2D eigenvalue weighted by molar-refractivity contribution is 0.413. The summed E-state index contributed by atoms with van der Waals surface area (Å²) in [5.41, 5.74) is 6.84. The van der Waals surface area contributed by atoms with Gasteiger partial charge in [-0.25, -0.2) is 0 Å². The van der Waals surface area contributed by atoms with Crippen LogP contribution in [0.15, 0.2) is 19.8 Å². The van der Waals surface area contributed by atoms with Gasteiger partial charge in [0.05, 0.1) is 15.4 Å². The van der Waals surface area contributed by atoms with Crippen molar-refractivity contribution in [2.75, 3.05) is 0 Å². The number of hydrogen-bond donors (Lipinski definition) is 1. The molecule has 2 heterocycles. The predicted octanol–water partition coefficient (Wildman–Crippen LogP) is 3.36. The third-order valence-corrected chi connectivity index (χ3v) is 3.69. The van der Waals surface area contributed by atoms with Crippen LogP contribution in [-0.4, -0.2) is 10.1 Å². The van der Waals surface area contributed by atoms with Crippen molar-refractivity contribution >= 4 is 27.3 Å². The van der Waals surface area contributed by atoms with Crippen molar-refractivity contribution in [1.29, 1.82) is 0 Å². The van der Waals surface area contributed by atoms with Crippen molar-refractivity contribution in [2.45, 2.75) is 25.8 Å². The first-order chi connectivity index (χ1) is 7.70. The second-order valence-corrected chi connectivity index (χ2v) is 5.78. The minimum atomic E-state index is -0.135. The van der Waals surface area contributed by atoms with Crippen molar-refractivity contribution in [3.8, 4) is 11.5 Å². The molecule has 0 saturated carbocycles. The van der Waals surface area contributed by atoms with Gasteiger partial charge in [-0.05, 0) is 28.4 Å². The molecule has 0 bridgehead atoms. The first-order valence-corrected chi connectivity index (χ1v) is 6.71. The Bertz CT molecular complexity index is 468. The van der Waals surface area contributed by atoms with Gasteiger partial charge >= 0.3 is 0 Å². The summed E-state index contributed by atoms with van der Waals surface area (Å²) in [4.78, 5) is 4.30. The van der Waals surface area contributed by atoms with Crippen LogP contribution in [0, 0.1) is 0 Å². The van der Waals surface area contributed by atoms with E-state index in [1.54, 1.807) is 11.3 Å². The molecule has 0 saturated heterocycles. The van der Waals surface area contributed by atoms with Crippen molar-refractivity contribution in [3.05, 3.63) is 21.1 Å². The Labute approximate surface area is 106 Å². The summed E-state index contributed by atoms with van der Waals surface area (Å²) in [6.45, 7) is 2.08. The lowest BCUT2D eigenvalue weighted by atomic mass is 10.2. The van der Waals surface area contributed by atoms with Gasteiger partial charge < -0.3 is 10.3 Å². The fraction of sp³-hybridized carbons (Fsp3) is 0.400. The molecule has 2 aromatic heterocycles. The number of rotatable bonds is 4. The highest BCUT2D eigenvalue weighted by molar-refractivity contribution is 9.11. The maximum absolute atomic E-state index is 5.91. The molecule has 0 spiro atoms.